The molecule has 0 bridgehead atoms. The Hall–Kier alpha value is -2.00. The fourth-order valence-electron chi connectivity index (χ4n) is 4.23. The van der Waals surface area contributed by atoms with Gasteiger partial charge in [0, 0.05) is 18.4 Å². The SMILES string of the molecule is C[C@H]([NH2+]C1(c2ccccc2)CCCC1)[C@H]1COc2ccccc2O1. The molecule has 126 valence electrons. The minimum Gasteiger partial charge on any atom is -0.486 e. The summed E-state index contributed by atoms with van der Waals surface area (Å²) in [7, 11) is 0. The number of ether oxygens (including phenoxy) is 2. The Balaban J connectivity index is 1.51. The molecule has 0 spiro atoms. The summed E-state index contributed by atoms with van der Waals surface area (Å²) in [6.07, 6.45) is 5.18. The van der Waals surface area contributed by atoms with Crippen molar-refractivity contribution < 1.29 is 14.8 Å². The molecule has 3 heteroatoms. The van der Waals surface area contributed by atoms with Gasteiger partial charge in [-0.15, -0.1) is 0 Å². The van der Waals surface area contributed by atoms with Gasteiger partial charge in [0.15, 0.2) is 17.6 Å². The largest absolute Gasteiger partial charge is 0.486 e. The van der Waals surface area contributed by atoms with Crippen molar-refractivity contribution in [3.05, 3.63) is 60.2 Å². The number of rotatable bonds is 4. The third kappa shape index (κ3) is 2.89. The number of para-hydroxylation sites is 2. The third-order valence-electron chi connectivity index (χ3n) is 5.54. The van der Waals surface area contributed by atoms with Crippen LogP contribution in [-0.4, -0.2) is 18.8 Å². The first kappa shape index (κ1) is 15.5. The molecule has 0 radical (unpaired) electrons. The second-order valence-electron chi connectivity index (χ2n) is 7.17. The first-order valence-electron chi connectivity index (χ1n) is 9.07. The van der Waals surface area contributed by atoms with Crippen molar-refractivity contribution in [1.29, 1.82) is 0 Å². The second-order valence-corrected chi connectivity index (χ2v) is 7.17. The highest BCUT2D eigenvalue weighted by atomic mass is 16.6. The normalized spacial score (nSPS) is 23.0. The summed E-state index contributed by atoms with van der Waals surface area (Å²) < 4.78 is 12.1. The maximum absolute atomic E-state index is 6.23. The van der Waals surface area contributed by atoms with Crippen LogP contribution < -0.4 is 14.8 Å². The van der Waals surface area contributed by atoms with Crippen molar-refractivity contribution in [3.8, 4) is 11.5 Å². The quantitative estimate of drug-likeness (QED) is 0.937. The van der Waals surface area contributed by atoms with Gasteiger partial charge in [0.1, 0.15) is 18.2 Å². The number of benzene rings is 2. The Morgan fingerprint density at radius 1 is 0.958 bits per heavy atom. The van der Waals surface area contributed by atoms with Gasteiger partial charge in [0.2, 0.25) is 0 Å². The highest BCUT2D eigenvalue weighted by Gasteiger charge is 2.42. The molecule has 1 heterocycles. The van der Waals surface area contributed by atoms with Gasteiger partial charge in [-0.3, -0.25) is 0 Å². The fourth-order valence-corrected chi connectivity index (χ4v) is 4.23. The zero-order chi connectivity index (χ0) is 16.4. The van der Waals surface area contributed by atoms with Crippen LogP contribution in [0.4, 0.5) is 0 Å². The molecule has 1 aliphatic heterocycles. The molecule has 2 atom stereocenters. The van der Waals surface area contributed by atoms with Gasteiger partial charge in [-0.25, -0.2) is 0 Å². The van der Waals surface area contributed by atoms with Crippen molar-refractivity contribution >= 4 is 0 Å². The lowest BCUT2D eigenvalue weighted by molar-refractivity contribution is -0.767. The van der Waals surface area contributed by atoms with E-state index < -0.39 is 0 Å². The van der Waals surface area contributed by atoms with Gasteiger partial charge in [-0.2, -0.15) is 0 Å². The predicted octanol–water partition coefficient (Wildman–Crippen LogP) is 3.25. The Bertz CT molecular complexity index is 679. The zero-order valence-electron chi connectivity index (χ0n) is 14.3. The molecule has 4 rings (SSSR count). The van der Waals surface area contributed by atoms with E-state index in [9.17, 15) is 0 Å². The molecular weight excluding hydrogens is 298 g/mol. The van der Waals surface area contributed by atoms with Gasteiger partial charge in [0.25, 0.3) is 0 Å². The topological polar surface area (TPSA) is 35.1 Å². The smallest absolute Gasteiger partial charge is 0.184 e. The van der Waals surface area contributed by atoms with Gasteiger partial charge in [-0.1, -0.05) is 42.5 Å². The molecule has 3 nitrogen and oxygen atoms in total. The van der Waals surface area contributed by atoms with Crippen LogP contribution in [0.3, 0.4) is 0 Å². The van der Waals surface area contributed by atoms with E-state index in [1.165, 1.54) is 31.2 Å². The monoisotopic (exact) mass is 324 g/mol. The first-order chi connectivity index (χ1) is 11.8. The van der Waals surface area contributed by atoms with Gasteiger partial charge in [0.05, 0.1) is 0 Å². The summed E-state index contributed by atoms with van der Waals surface area (Å²) >= 11 is 0. The lowest BCUT2D eigenvalue weighted by Gasteiger charge is -2.35. The Kier molecular flexibility index (Phi) is 4.19. The summed E-state index contributed by atoms with van der Waals surface area (Å²) in [4.78, 5) is 0. The number of hydrogen-bond acceptors (Lipinski definition) is 2. The Labute approximate surface area is 144 Å². The van der Waals surface area contributed by atoms with Crippen molar-refractivity contribution in [2.75, 3.05) is 6.61 Å². The van der Waals surface area contributed by atoms with Crippen LogP contribution in [0.25, 0.3) is 0 Å². The molecule has 0 unspecified atom stereocenters. The van der Waals surface area contributed by atoms with E-state index in [-0.39, 0.29) is 11.6 Å². The third-order valence-corrected chi connectivity index (χ3v) is 5.54. The van der Waals surface area contributed by atoms with Crippen LogP contribution in [-0.2, 0) is 5.54 Å². The zero-order valence-corrected chi connectivity index (χ0v) is 14.3. The van der Waals surface area contributed by atoms with Gasteiger partial charge in [-0.05, 0) is 31.9 Å². The summed E-state index contributed by atoms with van der Waals surface area (Å²) in [6, 6.07) is 19.3. The molecule has 2 aliphatic rings. The molecule has 1 saturated carbocycles. The Morgan fingerprint density at radius 2 is 1.62 bits per heavy atom. The predicted molar refractivity (Wildman–Crippen MR) is 94.3 cm³/mol. The van der Waals surface area contributed by atoms with Crippen LogP contribution in [0.15, 0.2) is 54.6 Å². The Morgan fingerprint density at radius 3 is 2.38 bits per heavy atom. The van der Waals surface area contributed by atoms with Crippen molar-refractivity contribution in [2.24, 2.45) is 0 Å². The van der Waals surface area contributed by atoms with Crippen LogP contribution in [0.1, 0.15) is 38.2 Å². The molecular formula is C21H26NO2+. The molecule has 0 amide bonds. The van der Waals surface area contributed by atoms with E-state index in [0.29, 0.717) is 12.6 Å². The lowest BCUT2D eigenvalue weighted by Crippen LogP contribution is -3.00. The van der Waals surface area contributed by atoms with E-state index >= 15 is 0 Å². The molecule has 0 saturated heterocycles. The number of fused-ring (bicyclic) bond motifs is 1. The van der Waals surface area contributed by atoms with Gasteiger partial charge >= 0.3 is 0 Å². The molecule has 2 aromatic carbocycles. The minimum absolute atomic E-state index is 0.0843. The molecule has 24 heavy (non-hydrogen) atoms. The van der Waals surface area contributed by atoms with Crippen molar-refractivity contribution in [2.45, 2.75) is 50.3 Å². The van der Waals surface area contributed by atoms with E-state index in [1.54, 1.807) is 0 Å². The number of quaternary nitrogens is 1. The van der Waals surface area contributed by atoms with Crippen molar-refractivity contribution in [3.63, 3.8) is 0 Å². The summed E-state index contributed by atoms with van der Waals surface area (Å²) in [5.74, 6) is 1.73. The van der Waals surface area contributed by atoms with E-state index in [4.69, 9.17) is 9.47 Å². The van der Waals surface area contributed by atoms with E-state index in [1.807, 2.05) is 24.3 Å². The maximum Gasteiger partial charge on any atom is 0.184 e. The molecule has 1 fully saturated rings. The van der Waals surface area contributed by atoms with E-state index in [2.05, 4.69) is 42.6 Å². The second kappa shape index (κ2) is 6.48. The minimum atomic E-state index is 0.0843. The molecule has 2 N–H and O–H groups in total. The van der Waals surface area contributed by atoms with Crippen molar-refractivity contribution in [1.82, 2.24) is 0 Å². The molecule has 2 aromatic rings. The maximum atomic E-state index is 6.23. The van der Waals surface area contributed by atoms with Crippen LogP contribution in [0.2, 0.25) is 0 Å². The average Bonchev–Trinajstić information content (AvgIpc) is 3.12. The summed E-state index contributed by atoms with van der Waals surface area (Å²) in [5, 5.41) is 2.54. The fraction of sp³-hybridized carbons (Fsp3) is 0.429. The van der Waals surface area contributed by atoms with Gasteiger partial charge < -0.3 is 14.8 Å². The highest BCUT2D eigenvalue weighted by Crippen LogP contribution is 2.36. The summed E-state index contributed by atoms with van der Waals surface area (Å²) in [5.41, 5.74) is 1.65. The van der Waals surface area contributed by atoms with Crippen LogP contribution in [0.5, 0.6) is 11.5 Å². The number of nitrogens with two attached hydrogens (primary N) is 1. The number of hydrogen-bond donors (Lipinski definition) is 1. The summed E-state index contributed by atoms with van der Waals surface area (Å²) in [6.45, 7) is 2.89. The lowest BCUT2D eigenvalue weighted by atomic mass is 9.87. The molecule has 0 aromatic heterocycles. The standard InChI is InChI=1S/C21H25NO2/c1-16(20-15-23-18-11-5-6-12-19(18)24-20)22-21(13-7-8-14-21)17-9-3-2-4-10-17/h2-6,9-12,16,20,22H,7-8,13-15H2,1H3/p+1/t16-,20+/m0/s1. The molecule has 1 aliphatic carbocycles. The first-order valence-corrected chi connectivity index (χ1v) is 9.07. The van der Waals surface area contributed by atoms with Crippen LogP contribution in [0, 0.1) is 0 Å². The van der Waals surface area contributed by atoms with E-state index in [0.717, 1.165) is 11.5 Å². The van der Waals surface area contributed by atoms with Crippen LogP contribution >= 0.6 is 0 Å². The average molecular weight is 324 g/mol. The highest BCUT2D eigenvalue weighted by molar-refractivity contribution is 5.40.